The molecule has 4 aromatic rings. The molecule has 0 spiro atoms. The van der Waals surface area contributed by atoms with E-state index in [1.807, 2.05) is 0 Å². The molecule has 0 unspecified atom stereocenters. The van der Waals surface area contributed by atoms with Crippen LogP contribution in [0.1, 0.15) is 30.0 Å². The van der Waals surface area contributed by atoms with Crippen LogP contribution in [0.2, 0.25) is 0 Å². The van der Waals surface area contributed by atoms with Crippen LogP contribution in [-0.4, -0.2) is 37.9 Å². The first-order chi connectivity index (χ1) is 17.8. The highest BCUT2D eigenvalue weighted by Gasteiger charge is 2.34. The van der Waals surface area contributed by atoms with Gasteiger partial charge in [-0.1, -0.05) is 6.07 Å². The Labute approximate surface area is 211 Å². The molecule has 0 saturated heterocycles. The van der Waals surface area contributed by atoms with Crippen molar-refractivity contribution in [3.63, 3.8) is 0 Å². The zero-order valence-corrected chi connectivity index (χ0v) is 20.0. The van der Waals surface area contributed by atoms with Crippen molar-refractivity contribution in [3.05, 3.63) is 102 Å². The maximum Gasteiger partial charge on any atom is 0.252 e. The van der Waals surface area contributed by atoms with Gasteiger partial charge in [0.1, 0.15) is 23.7 Å². The van der Waals surface area contributed by atoms with Gasteiger partial charge >= 0.3 is 0 Å². The lowest BCUT2D eigenvalue weighted by Crippen LogP contribution is -2.39. The second kappa shape index (κ2) is 9.81. The Morgan fingerprint density at radius 1 is 1.08 bits per heavy atom. The normalized spacial score (nSPS) is 14.9. The molecule has 0 radical (unpaired) electrons. The highest BCUT2D eigenvalue weighted by molar-refractivity contribution is 6.01. The number of benzene rings is 2. The molecule has 0 saturated carbocycles. The monoisotopic (exact) mass is 503 g/mol. The Hall–Kier alpha value is -4.60. The molecule has 1 atom stereocenters. The van der Waals surface area contributed by atoms with E-state index in [1.54, 1.807) is 50.5 Å². The number of aromatic amines is 1. The first-order valence-electron chi connectivity index (χ1n) is 11.5. The van der Waals surface area contributed by atoms with Gasteiger partial charge < -0.3 is 14.8 Å². The fraction of sp³-hybridized carbons (Fsp3) is 0.185. The van der Waals surface area contributed by atoms with Crippen LogP contribution < -0.4 is 5.32 Å². The summed E-state index contributed by atoms with van der Waals surface area (Å²) >= 11 is 0. The Balaban J connectivity index is 1.45. The summed E-state index contributed by atoms with van der Waals surface area (Å²) < 4.78 is 39.8. The summed E-state index contributed by atoms with van der Waals surface area (Å²) in [6.07, 6.45) is 4.88. The minimum absolute atomic E-state index is 0.0495. The number of carbonyl (C=O) groups is 1. The first-order valence-corrected chi connectivity index (χ1v) is 11.5. The molecule has 0 aliphatic carbocycles. The second-order valence-electron chi connectivity index (χ2n) is 8.87. The Bertz CT molecular complexity index is 1450. The molecule has 37 heavy (non-hydrogen) atoms. The van der Waals surface area contributed by atoms with Gasteiger partial charge in [-0.2, -0.15) is 5.10 Å². The number of nitrogens with one attached hydrogen (secondary N) is 2. The first kappa shape index (κ1) is 24.1. The zero-order chi connectivity index (χ0) is 26.0. The van der Waals surface area contributed by atoms with Gasteiger partial charge in [0.2, 0.25) is 5.79 Å². The third-order valence-electron chi connectivity index (χ3n) is 5.72. The van der Waals surface area contributed by atoms with Crippen LogP contribution in [0.3, 0.4) is 0 Å². The highest BCUT2D eigenvalue weighted by Crippen LogP contribution is 2.31. The maximum atomic E-state index is 15.1. The van der Waals surface area contributed by atoms with E-state index in [4.69, 9.17) is 9.47 Å². The topological polar surface area (TPSA) is 102 Å². The van der Waals surface area contributed by atoms with Crippen molar-refractivity contribution in [2.45, 2.75) is 32.1 Å². The summed E-state index contributed by atoms with van der Waals surface area (Å²) in [5, 5.41) is 9.92. The van der Waals surface area contributed by atoms with Crippen LogP contribution in [0.4, 0.5) is 8.78 Å². The second-order valence-corrected chi connectivity index (χ2v) is 8.87. The molecular weight excluding hydrogens is 480 g/mol. The van der Waals surface area contributed by atoms with Crippen LogP contribution in [0, 0.1) is 11.6 Å². The number of hydrogen-bond acceptors (Lipinski definition) is 6. The third-order valence-corrected chi connectivity index (χ3v) is 5.72. The molecule has 0 bridgehead atoms. The van der Waals surface area contributed by atoms with E-state index in [-0.39, 0.29) is 23.4 Å². The van der Waals surface area contributed by atoms with Crippen LogP contribution in [0.15, 0.2) is 79.0 Å². The largest absolute Gasteiger partial charge is 0.457 e. The summed E-state index contributed by atoms with van der Waals surface area (Å²) in [7, 11) is 0. The number of aromatic nitrogens is 4. The SMILES string of the molecule is CC1(C)OC=C([C@@H](Cc2ncccn2)NC(=O)c2cccc(F)c2-c2cc(-c3ccc(F)cc3)n[nH]2)O1. The predicted octanol–water partition coefficient (Wildman–Crippen LogP) is 4.78. The summed E-state index contributed by atoms with van der Waals surface area (Å²) in [5.41, 5.74) is 1.56. The molecule has 2 N–H and O–H groups in total. The van der Waals surface area contributed by atoms with E-state index in [9.17, 15) is 9.18 Å². The van der Waals surface area contributed by atoms with Crippen LogP contribution >= 0.6 is 0 Å². The maximum absolute atomic E-state index is 15.1. The molecule has 188 valence electrons. The van der Waals surface area contributed by atoms with Gasteiger partial charge in [0, 0.05) is 43.8 Å². The van der Waals surface area contributed by atoms with Crippen LogP contribution in [0.5, 0.6) is 0 Å². The molecule has 10 heteroatoms. The van der Waals surface area contributed by atoms with Crippen LogP contribution in [-0.2, 0) is 15.9 Å². The van der Waals surface area contributed by atoms with E-state index >= 15 is 4.39 Å². The minimum atomic E-state index is -0.896. The number of hydrogen-bond donors (Lipinski definition) is 2. The van der Waals surface area contributed by atoms with Crippen LogP contribution in [0.25, 0.3) is 22.5 Å². The summed E-state index contributed by atoms with van der Waals surface area (Å²) in [6.45, 7) is 3.49. The summed E-state index contributed by atoms with van der Waals surface area (Å²) in [5.74, 6) is -1.54. The number of nitrogens with zero attached hydrogens (tertiary/aromatic N) is 3. The lowest BCUT2D eigenvalue weighted by molar-refractivity contribution is -0.119. The highest BCUT2D eigenvalue weighted by atomic mass is 19.1. The number of ether oxygens (including phenoxy) is 2. The van der Waals surface area contributed by atoms with Gasteiger partial charge in [-0.25, -0.2) is 18.7 Å². The fourth-order valence-corrected chi connectivity index (χ4v) is 3.97. The van der Waals surface area contributed by atoms with E-state index < -0.39 is 23.6 Å². The molecule has 0 fully saturated rings. The fourth-order valence-electron chi connectivity index (χ4n) is 3.97. The number of amides is 1. The summed E-state index contributed by atoms with van der Waals surface area (Å²) in [6, 6.07) is 12.6. The molecule has 2 aromatic carbocycles. The number of rotatable bonds is 7. The molecule has 1 amide bonds. The van der Waals surface area contributed by atoms with Crippen molar-refractivity contribution in [3.8, 4) is 22.5 Å². The van der Waals surface area contributed by atoms with Gasteiger partial charge in [0.25, 0.3) is 5.91 Å². The smallest absolute Gasteiger partial charge is 0.252 e. The van der Waals surface area contributed by atoms with Gasteiger partial charge in [0.05, 0.1) is 23.0 Å². The standard InChI is InChI=1S/C27H23F2N5O3/c1-27(2)36-15-23(37-27)21(14-24-30-11-4-12-31-24)32-26(35)18-5-3-6-19(29)25(18)22-13-20(33-34-22)16-7-9-17(28)10-8-16/h3-13,15,21H,14H2,1-2H3,(H,32,35)(H,33,34)/t21-/m1/s1. The van der Waals surface area contributed by atoms with Gasteiger partial charge in [-0.3, -0.25) is 9.89 Å². The van der Waals surface area contributed by atoms with Crippen molar-refractivity contribution < 1.29 is 23.0 Å². The molecule has 3 heterocycles. The molecule has 2 aromatic heterocycles. The number of carbonyl (C=O) groups excluding carboxylic acids is 1. The number of H-pyrrole nitrogens is 1. The van der Waals surface area contributed by atoms with Gasteiger partial charge in [-0.15, -0.1) is 0 Å². The lowest BCUT2D eigenvalue weighted by atomic mass is 10.0. The zero-order valence-electron chi connectivity index (χ0n) is 20.0. The Morgan fingerprint density at radius 2 is 1.84 bits per heavy atom. The number of halogens is 2. The summed E-state index contributed by atoms with van der Waals surface area (Å²) in [4.78, 5) is 22.0. The van der Waals surface area contributed by atoms with Crippen molar-refractivity contribution in [1.82, 2.24) is 25.5 Å². The van der Waals surface area contributed by atoms with Gasteiger partial charge in [0.15, 0.2) is 5.76 Å². The average Bonchev–Trinajstić information content (AvgIpc) is 3.51. The predicted molar refractivity (Wildman–Crippen MR) is 131 cm³/mol. The third kappa shape index (κ3) is 5.32. The average molecular weight is 504 g/mol. The quantitative estimate of drug-likeness (QED) is 0.377. The van der Waals surface area contributed by atoms with Crippen molar-refractivity contribution in [1.29, 1.82) is 0 Å². The van der Waals surface area contributed by atoms with Crippen molar-refractivity contribution in [2.75, 3.05) is 0 Å². The Kier molecular flexibility index (Phi) is 6.39. The molecule has 8 nitrogen and oxygen atoms in total. The molecule has 1 aliphatic heterocycles. The molecule has 1 aliphatic rings. The lowest BCUT2D eigenvalue weighted by Gasteiger charge is -2.23. The van der Waals surface area contributed by atoms with Crippen molar-refractivity contribution in [2.24, 2.45) is 0 Å². The van der Waals surface area contributed by atoms with E-state index in [0.29, 0.717) is 28.5 Å². The van der Waals surface area contributed by atoms with E-state index in [1.165, 1.54) is 36.6 Å². The van der Waals surface area contributed by atoms with Gasteiger partial charge in [-0.05, 0) is 48.5 Å². The van der Waals surface area contributed by atoms with E-state index in [2.05, 4.69) is 25.5 Å². The minimum Gasteiger partial charge on any atom is -0.457 e. The molecule has 5 rings (SSSR count). The Morgan fingerprint density at radius 3 is 2.54 bits per heavy atom. The van der Waals surface area contributed by atoms with Crippen molar-refractivity contribution >= 4 is 5.91 Å². The molecular formula is C27H23F2N5O3. The van der Waals surface area contributed by atoms with E-state index in [0.717, 1.165) is 0 Å².